The van der Waals surface area contributed by atoms with Gasteiger partial charge >= 0.3 is 0 Å². The second-order valence-corrected chi connectivity index (χ2v) is 15.7. The van der Waals surface area contributed by atoms with Gasteiger partial charge in [0.25, 0.3) is 0 Å². The summed E-state index contributed by atoms with van der Waals surface area (Å²) in [5.41, 5.74) is 3.40. The van der Waals surface area contributed by atoms with E-state index < -0.39 is 0 Å². The zero-order chi connectivity index (χ0) is 34.8. The fourth-order valence-corrected chi connectivity index (χ4v) is 7.21. The highest BCUT2D eigenvalue weighted by atomic mass is 15.7. The van der Waals surface area contributed by atoms with Crippen LogP contribution in [-0.2, 0) is 0 Å². The minimum atomic E-state index is -0.338. The van der Waals surface area contributed by atoms with Crippen molar-refractivity contribution in [2.24, 2.45) is 20.2 Å². The SMILES string of the molecule is CC1(C)N=c2cc3c(ccc4cc(-c5cccc(-c6ccc7c(ccc8cc9c(cc87)=NC(C)(C)[N+](C)(C)N=9)c6)n5)ccc43)cc2=N[N+]1(C)C. The number of hydrogen-bond acceptors (Lipinski definition) is 5. The van der Waals surface area contributed by atoms with E-state index in [0.717, 1.165) is 43.9 Å². The van der Waals surface area contributed by atoms with Gasteiger partial charge in [-0.1, -0.05) is 64.8 Å². The third-order valence-corrected chi connectivity index (χ3v) is 11.4. The molecule has 7 nitrogen and oxygen atoms in total. The Morgan fingerprint density at radius 2 is 0.820 bits per heavy atom. The average molecular weight is 656 g/mol. The molecule has 3 heterocycles. The molecule has 6 aromatic carbocycles. The van der Waals surface area contributed by atoms with Gasteiger partial charge in [-0.05, 0) is 91.6 Å². The first-order valence-electron chi connectivity index (χ1n) is 17.3. The largest absolute Gasteiger partial charge is 0.248 e. The van der Waals surface area contributed by atoms with Crippen molar-refractivity contribution >= 4 is 43.1 Å². The Bertz CT molecular complexity index is 2690. The molecule has 0 amide bonds. The van der Waals surface area contributed by atoms with Gasteiger partial charge in [-0.2, -0.15) is 9.18 Å². The molecule has 9 rings (SSSR count). The van der Waals surface area contributed by atoms with E-state index in [1.807, 2.05) is 0 Å². The number of quaternary nitrogens is 2. The fourth-order valence-electron chi connectivity index (χ4n) is 7.21. The molecule has 2 aliphatic heterocycles. The van der Waals surface area contributed by atoms with E-state index >= 15 is 0 Å². The number of pyridine rings is 1. The second kappa shape index (κ2) is 10.1. The van der Waals surface area contributed by atoms with Crippen molar-refractivity contribution in [2.45, 2.75) is 39.0 Å². The van der Waals surface area contributed by atoms with Crippen LogP contribution >= 0.6 is 0 Å². The molecule has 1 aromatic heterocycles. The van der Waals surface area contributed by atoms with Crippen molar-refractivity contribution in [2.75, 3.05) is 28.2 Å². The molecule has 0 bridgehead atoms. The molecule has 7 aromatic rings. The number of fused-ring (bicyclic) bond motifs is 8. The van der Waals surface area contributed by atoms with Crippen LogP contribution in [0.3, 0.4) is 0 Å². The predicted octanol–water partition coefficient (Wildman–Crippen LogP) is 6.99. The van der Waals surface area contributed by atoms with Crippen LogP contribution < -0.4 is 21.4 Å². The van der Waals surface area contributed by atoms with Crippen LogP contribution in [0.15, 0.2) is 123 Å². The van der Waals surface area contributed by atoms with Crippen LogP contribution in [0.25, 0.3) is 65.6 Å². The topological polar surface area (TPSA) is 62.3 Å². The van der Waals surface area contributed by atoms with Crippen molar-refractivity contribution < 1.29 is 9.18 Å². The van der Waals surface area contributed by atoms with Gasteiger partial charge in [0.1, 0.15) is 10.7 Å². The number of nitrogens with zero attached hydrogens (tertiary/aromatic N) is 7. The highest BCUT2D eigenvalue weighted by Crippen LogP contribution is 2.33. The third kappa shape index (κ3) is 4.61. The molecule has 0 spiro atoms. The molecule has 50 heavy (non-hydrogen) atoms. The molecule has 0 unspecified atom stereocenters. The van der Waals surface area contributed by atoms with Crippen molar-refractivity contribution in [3.8, 4) is 22.5 Å². The number of rotatable bonds is 2. The Morgan fingerprint density at radius 3 is 1.24 bits per heavy atom. The first kappa shape index (κ1) is 30.7. The van der Waals surface area contributed by atoms with Gasteiger partial charge in [0.15, 0.2) is 0 Å². The number of aromatic nitrogens is 1. The molecular formula is C43H41N7+2. The Hall–Kier alpha value is -5.37. The van der Waals surface area contributed by atoms with E-state index in [0.29, 0.717) is 9.18 Å². The summed E-state index contributed by atoms with van der Waals surface area (Å²) in [4.78, 5) is 15.4. The molecule has 7 heteroatoms. The molecule has 0 radical (unpaired) electrons. The summed E-state index contributed by atoms with van der Waals surface area (Å²) in [6.45, 7) is 8.55. The first-order chi connectivity index (χ1) is 23.7. The lowest BCUT2D eigenvalue weighted by molar-refractivity contribution is -0.947. The highest BCUT2D eigenvalue weighted by molar-refractivity contribution is 6.09. The van der Waals surface area contributed by atoms with Crippen LogP contribution in [0.2, 0.25) is 0 Å². The van der Waals surface area contributed by atoms with Gasteiger partial charge in [0.05, 0.1) is 50.3 Å². The summed E-state index contributed by atoms with van der Waals surface area (Å²) in [7, 11) is 8.40. The smallest absolute Gasteiger partial charge is 0.210 e. The van der Waals surface area contributed by atoms with Crippen molar-refractivity contribution in [1.29, 1.82) is 0 Å². The van der Waals surface area contributed by atoms with E-state index in [4.69, 9.17) is 25.2 Å². The highest BCUT2D eigenvalue weighted by Gasteiger charge is 2.40. The van der Waals surface area contributed by atoms with E-state index in [1.54, 1.807) is 0 Å². The van der Waals surface area contributed by atoms with E-state index in [2.05, 4.69) is 159 Å². The van der Waals surface area contributed by atoms with Crippen LogP contribution in [0, 0.1) is 0 Å². The maximum Gasteiger partial charge on any atom is 0.210 e. The van der Waals surface area contributed by atoms with Gasteiger partial charge in [-0.15, -0.1) is 0 Å². The molecule has 0 saturated heterocycles. The standard InChI is InChI=1S/C43H41N7/c1-42(2)45-38-24-34-28(22-40(38)47-49(42,5)6)14-12-26-20-30(16-18-32(26)34)36-10-9-11-37(44-36)31-17-19-33-27(21-31)13-15-29-23-41-39(25-35(29)33)46-43(3,4)50(7,8)48-41/h9-25H,1-8H3/q+2. The van der Waals surface area contributed by atoms with Crippen LogP contribution in [-0.4, -0.2) is 53.7 Å². The normalized spacial score (nSPS) is 18.1. The number of benzene rings is 6. The van der Waals surface area contributed by atoms with E-state index in [9.17, 15) is 0 Å². The minimum Gasteiger partial charge on any atom is -0.248 e. The maximum atomic E-state index is 5.17. The number of hydrogen-bond donors (Lipinski definition) is 0. The van der Waals surface area contributed by atoms with Crippen molar-refractivity contribution in [3.63, 3.8) is 0 Å². The Labute approximate surface area is 291 Å². The van der Waals surface area contributed by atoms with Gasteiger partial charge in [-0.25, -0.2) is 15.0 Å². The third-order valence-electron chi connectivity index (χ3n) is 11.4. The van der Waals surface area contributed by atoms with Gasteiger partial charge in [-0.3, -0.25) is 0 Å². The van der Waals surface area contributed by atoms with Crippen molar-refractivity contribution in [1.82, 2.24) is 4.98 Å². The lowest BCUT2D eigenvalue weighted by Gasteiger charge is -2.37. The molecule has 0 atom stereocenters. The first-order valence-corrected chi connectivity index (χ1v) is 17.3. The van der Waals surface area contributed by atoms with E-state index in [1.165, 1.54) is 43.1 Å². The van der Waals surface area contributed by atoms with Crippen LogP contribution in [0.4, 0.5) is 0 Å². The van der Waals surface area contributed by atoms with Gasteiger partial charge < -0.3 is 0 Å². The van der Waals surface area contributed by atoms with Gasteiger partial charge in [0, 0.05) is 38.8 Å². The van der Waals surface area contributed by atoms with Crippen LogP contribution in [0.5, 0.6) is 0 Å². The minimum absolute atomic E-state index is 0.338. The predicted molar refractivity (Wildman–Crippen MR) is 202 cm³/mol. The lowest BCUT2D eigenvalue weighted by atomic mass is 9.97. The molecule has 0 N–H and O–H groups in total. The zero-order valence-electron chi connectivity index (χ0n) is 29.9. The molecule has 246 valence electrons. The maximum absolute atomic E-state index is 5.17. The molecular weight excluding hydrogens is 615 g/mol. The Kier molecular flexibility index (Phi) is 6.19. The zero-order valence-corrected chi connectivity index (χ0v) is 29.9. The summed E-state index contributed by atoms with van der Waals surface area (Å²) < 4.78 is 0.938. The quantitative estimate of drug-likeness (QED) is 0.146. The summed E-state index contributed by atoms with van der Waals surface area (Å²) in [5, 5.41) is 23.3. The molecule has 0 aliphatic carbocycles. The molecule has 2 aliphatic rings. The summed E-state index contributed by atoms with van der Waals surface area (Å²) >= 11 is 0. The second-order valence-electron chi connectivity index (χ2n) is 15.7. The average Bonchev–Trinajstić information content (AvgIpc) is 3.07. The van der Waals surface area contributed by atoms with Crippen molar-refractivity contribution in [3.05, 3.63) is 125 Å². The Morgan fingerprint density at radius 1 is 0.420 bits per heavy atom. The van der Waals surface area contributed by atoms with E-state index in [-0.39, 0.29) is 11.3 Å². The summed E-state index contributed by atoms with van der Waals surface area (Å²) in [6, 6.07) is 37.2. The molecule has 0 fully saturated rings. The summed E-state index contributed by atoms with van der Waals surface area (Å²) in [5.74, 6) is 0. The Balaban J connectivity index is 1.10. The molecule has 0 saturated carbocycles. The van der Waals surface area contributed by atoms with Gasteiger partial charge in [0.2, 0.25) is 11.3 Å². The summed E-state index contributed by atoms with van der Waals surface area (Å²) in [6.07, 6.45) is 0. The van der Waals surface area contributed by atoms with Crippen LogP contribution in [0.1, 0.15) is 27.7 Å². The monoisotopic (exact) mass is 655 g/mol. The lowest BCUT2D eigenvalue weighted by Crippen LogP contribution is -2.57. The fraction of sp³-hybridized carbons (Fsp3) is 0.233.